The number of nitriles is 1. The molecular formula is C14H20N4. The molecule has 0 spiro atoms. The van der Waals surface area contributed by atoms with Crippen LogP contribution in [0.3, 0.4) is 0 Å². The first kappa shape index (κ1) is 12.8. The zero-order chi connectivity index (χ0) is 13.1. The van der Waals surface area contributed by atoms with Crippen LogP contribution in [-0.4, -0.2) is 36.1 Å². The van der Waals surface area contributed by atoms with Crippen molar-refractivity contribution in [1.29, 1.82) is 5.26 Å². The van der Waals surface area contributed by atoms with Gasteiger partial charge in [-0.3, -0.25) is 0 Å². The molecule has 1 atom stereocenters. The van der Waals surface area contributed by atoms with Gasteiger partial charge in [-0.15, -0.1) is 0 Å². The average molecular weight is 244 g/mol. The van der Waals surface area contributed by atoms with Gasteiger partial charge in [-0.05, 0) is 51.9 Å². The number of hydrogen-bond donors (Lipinski definition) is 1. The van der Waals surface area contributed by atoms with Crippen LogP contribution < -0.4 is 5.32 Å². The Hall–Kier alpha value is -1.60. The van der Waals surface area contributed by atoms with Gasteiger partial charge < -0.3 is 10.2 Å². The molecule has 0 radical (unpaired) electrons. The Morgan fingerprint density at radius 3 is 2.94 bits per heavy atom. The second kappa shape index (κ2) is 5.36. The van der Waals surface area contributed by atoms with Crippen molar-refractivity contribution in [2.45, 2.75) is 32.7 Å². The lowest BCUT2D eigenvalue weighted by atomic mass is 10.1. The molecule has 96 valence electrons. The topological polar surface area (TPSA) is 52.0 Å². The summed E-state index contributed by atoms with van der Waals surface area (Å²) in [6, 6.07) is 4.74. The number of aromatic nitrogens is 1. The van der Waals surface area contributed by atoms with Gasteiger partial charge in [0.1, 0.15) is 11.9 Å². The molecule has 2 rings (SSSR count). The monoisotopic (exact) mass is 244 g/mol. The second-order valence-electron chi connectivity index (χ2n) is 5.07. The maximum Gasteiger partial charge on any atom is 0.144 e. The van der Waals surface area contributed by atoms with Crippen LogP contribution in [-0.2, 0) is 0 Å². The fourth-order valence-corrected chi connectivity index (χ4v) is 2.56. The molecule has 1 aromatic heterocycles. The molecule has 4 nitrogen and oxygen atoms in total. The summed E-state index contributed by atoms with van der Waals surface area (Å²) in [5, 5.41) is 12.5. The fourth-order valence-electron chi connectivity index (χ4n) is 2.56. The Labute approximate surface area is 109 Å². The summed E-state index contributed by atoms with van der Waals surface area (Å²) in [7, 11) is 2.15. The molecule has 1 N–H and O–H groups in total. The molecule has 2 heterocycles. The Kier molecular flexibility index (Phi) is 3.83. The van der Waals surface area contributed by atoms with Crippen molar-refractivity contribution in [3.05, 3.63) is 22.9 Å². The van der Waals surface area contributed by atoms with E-state index in [-0.39, 0.29) is 0 Å². The van der Waals surface area contributed by atoms with Crippen LogP contribution in [0.4, 0.5) is 5.82 Å². The Morgan fingerprint density at radius 1 is 1.56 bits per heavy atom. The molecule has 0 aromatic carbocycles. The molecule has 1 aliphatic heterocycles. The molecule has 0 bridgehead atoms. The zero-order valence-corrected chi connectivity index (χ0v) is 11.3. The van der Waals surface area contributed by atoms with Crippen LogP contribution in [0.1, 0.15) is 29.7 Å². The number of pyridine rings is 1. The molecular weight excluding hydrogens is 224 g/mol. The van der Waals surface area contributed by atoms with Crippen molar-refractivity contribution in [3.8, 4) is 6.07 Å². The van der Waals surface area contributed by atoms with E-state index in [0.29, 0.717) is 11.6 Å². The van der Waals surface area contributed by atoms with Crippen molar-refractivity contribution in [3.63, 3.8) is 0 Å². The smallest absolute Gasteiger partial charge is 0.144 e. The number of likely N-dealkylation sites (tertiary alicyclic amines) is 1. The Bertz CT molecular complexity index is 475. The van der Waals surface area contributed by atoms with Gasteiger partial charge in [0.2, 0.25) is 0 Å². The van der Waals surface area contributed by atoms with E-state index < -0.39 is 0 Å². The highest BCUT2D eigenvalue weighted by atomic mass is 15.2. The van der Waals surface area contributed by atoms with Gasteiger partial charge >= 0.3 is 0 Å². The molecule has 18 heavy (non-hydrogen) atoms. The van der Waals surface area contributed by atoms with E-state index in [0.717, 1.165) is 30.2 Å². The van der Waals surface area contributed by atoms with Crippen molar-refractivity contribution < 1.29 is 0 Å². The summed E-state index contributed by atoms with van der Waals surface area (Å²) in [6.07, 6.45) is 2.48. The van der Waals surface area contributed by atoms with Crippen LogP contribution >= 0.6 is 0 Å². The molecule has 0 saturated carbocycles. The molecule has 1 saturated heterocycles. The van der Waals surface area contributed by atoms with Gasteiger partial charge in [0.15, 0.2) is 0 Å². The average Bonchev–Trinajstić information content (AvgIpc) is 2.71. The van der Waals surface area contributed by atoms with Gasteiger partial charge in [0.05, 0.1) is 5.56 Å². The third-order valence-electron chi connectivity index (χ3n) is 3.63. The van der Waals surface area contributed by atoms with Crippen molar-refractivity contribution in [1.82, 2.24) is 9.88 Å². The number of rotatable bonds is 3. The minimum atomic E-state index is 0.555. The van der Waals surface area contributed by atoms with Crippen molar-refractivity contribution in [2.24, 2.45) is 0 Å². The number of aryl methyl sites for hydroxylation is 2. The summed E-state index contributed by atoms with van der Waals surface area (Å²) in [5.74, 6) is 0.732. The predicted octanol–water partition coefficient (Wildman–Crippen LogP) is 2.08. The molecule has 1 fully saturated rings. The largest absolute Gasteiger partial charge is 0.367 e. The van der Waals surface area contributed by atoms with Crippen molar-refractivity contribution in [2.75, 3.05) is 25.5 Å². The number of hydrogen-bond acceptors (Lipinski definition) is 4. The van der Waals surface area contributed by atoms with Crippen LogP contribution in [0.2, 0.25) is 0 Å². The fraction of sp³-hybridized carbons (Fsp3) is 0.571. The predicted molar refractivity (Wildman–Crippen MR) is 72.6 cm³/mol. The number of anilines is 1. The summed E-state index contributed by atoms with van der Waals surface area (Å²) < 4.78 is 0. The van der Waals surface area contributed by atoms with Gasteiger partial charge in [-0.1, -0.05) is 0 Å². The third-order valence-corrected chi connectivity index (χ3v) is 3.63. The van der Waals surface area contributed by atoms with E-state index >= 15 is 0 Å². The van der Waals surface area contributed by atoms with Crippen LogP contribution in [0.25, 0.3) is 0 Å². The lowest BCUT2D eigenvalue weighted by molar-refractivity contribution is 0.322. The summed E-state index contributed by atoms with van der Waals surface area (Å²) in [4.78, 5) is 6.80. The molecule has 1 unspecified atom stereocenters. The van der Waals surface area contributed by atoms with E-state index in [2.05, 4.69) is 28.3 Å². The Balaban J connectivity index is 2.11. The van der Waals surface area contributed by atoms with Gasteiger partial charge in [0.25, 0.3) is 0 Å². The maximum atomic E-state index is 9.19. The zero-order valence-electron chi connectivity index (χ0n) is 11.3. The van der Waals surface area contributed by atoms with E-state index in [4.69, 9.17) is 0 Å². The van der Waals surface area contributed by atoms with E-state index in [1.807, 2.05) is 19.9 Å². The number of nitrogens with zero attached hydrogens (tertiary/aromatic N) is 3. The highest BCUT2D eigenvalue weighted by Crippen LogP contribution is 2.19. The summed E-state index contributed by atoms with van der Waals surface area (Å²) in [5.41, 5.74) is 2.61. The van der Waals surface area contributed by atoms with E-state index in [9.17, 15) is 5.26 Å². The molecule has 4 heteroatoms. The molecule has 1 aliphatic rings. The minimum absolute atomic E-state index is 0.555. The first-order chi connectivity index (χ1) is 8.61. The van der Waals surface area contributed by atoms with Gasteiger partial charge in [0, 0.05) is 18.3 Å². The standard InChI is InChI=1S/C14H20N4/c1-10-7-11(2)17-14(13(10)8-15)16-9-12-5-4-6-18(12)3/h7,12H,4-6,9H2,1-3H3,(H,16,17). The first-order valence-corrected chi connectivity index (χ1v) is 6.44. The highest BCUT2D eigenvalue weighted by Gasteiger charge is 2.21. The molecule has 0 aliphatic carbocycles. The minimum Gasteiger partial charge on any atom is -0.367 e. The number of likely N-dealkylation sites (N-methyl/N-ethyl adjacent to an activating group) is 1. The first-order valence-electron chi connectivity index (χ1n) is 6.44. The van der Waals surface area contributed by atoms with Crippen LogP contribution in [0.5, 0.6) is 0 Å². The highest BCUT2D eigenvalue weighted by molar-refractivity contribution is 5.56. The quantitative estimate of drug-likeness (QED) is 0.884. The van der Waals surface area contributed by atoms with E-state index in [1.54, 1.807) is 0 Å². The molecule has 1 aromatic rings. The van der Waals surface area contributed by atoms with E-state index in [1.165, 1.54) is 12.8 Å². The van der Waals surface area contributed by atoms with Crippen LogP contribution in [0, 0.1) is 25.2 Å². The lowest BCUT2D eigenvalue weighted by Gasteiger charge is -2.20. The second-order valence-corrected chi connectivity index (χ2v) is 5.07. The van der Waals surface area contributed by atoms with Gasteiger partial charge in [-0.2, -0.15) is 5.26 Å². The Morgan fingerprint density at radius 2 is 2.33 bits per heavy atom. The summed E-state index contributed by atoms with van der Waals surface area (Å²) in [6.45, 7) is 5.94. The van der Waals surface area contributed by atoms with Crippen molar-refractivity contribution >= 4 is 5.82 Å². The van der Waals surface area contributed by atoms with Crippen LogP contribution in [0.15, 0.2) is 6.07 Å². The number of nitrogens with one attached hydrogen (secondary N) is 1. The van der Waals surface area contributed by atoms with Gasteiger partial charge in [-0.25, -0.2) is 4.98 Å². The normalized spacial score (nSPS) is 19.8. The lowest BCUT2D eigenvalue weighted by Crippen LogP contribution is -2.32. The maximum absolute atomic E-state index is 9.19. The molecule has 0 amide bonds. The SMILES string of the molecule is Cc1cc(C)c(C#N)c(NCC2CCCN2C)n1. The summed E-state index contributed by atoms with van der Waals surface area (Å²) >= 11 is 0. The third kappa shape index (κ3) is 2.62.